The number of carbonyl (C=O) groups is 5. The fraction of sp³-hybridized carbons (Fsp3) is 0.573. The van der Waals surface area contributed by atoms with Gasteiger partial charge in [-0.15, -0.1) is 69.8 Å². The number of carbonyl (C=O) groups excluding carboxylic acids is 5. The molecule has 4 fully saturated rings. The molecule has 3 saturated carbocycles. The number of pyridine rings is 1. The van der Waals surface area contributed by atoms with Crippen LogP contribution in [0.2, 0.25) is 0 Å². The Balaban J connectivity index is -0.0000000927. The van der Waals surface area contributed by atoms with Crippen molar-refractivity contribution in [2.45, 2.75) is 345 Å². The summed E-state index contributed by atoms with van der Waals surface area (Å²) in [6.07, 6.45) is 28.7. The number of benzene rings is 6. The number of fused-ring (bicyclic) bond motifs is 2. The smallest absolute Gasteiger partial charge is 0.528 e. The maximum Gasteiger partial charge on any atom is 1.00 e. The van der Waals surface area contributed by atoms with Crippen LogP contribution in [0.5, 0.6) is 11.5 Å². The SMILES string of the molecule is BrCC1CC1.BrCCCc1ccccc1.BrCCc1ccccc1.BrCc1ccccc1.C.C.C.C.C.C.C.C.C.C.C.C.CC(C)C=O.CC1=CC2(CCCC(C)CC2)Oc2ccc(C)[c-]c21.CC1=CC2(CCCNCC2)Oc2ccc(C)[c-]c21.CC=O.CCBr.CCCBr.CCN(CC)C(=O)c1ccc(C(C)C)cc1.CCN(CC)C(=O)c1ccc(C(C)C)cn1.CO.O=CC1CC1.[Ru+].[Ru+]. The van der Waals surface area contributed by atoms with Crippen LogP contribution in [0, 0.1) is 49.7 Å². The summed E-state index contributed by atoms with van der Waals surface area (Å²) in [7, 11) is 1.00. The molecule has 0 bridgehead atoms. The molecule has 1 saturated heterocycles. The normalized spacial score (nSPS) is 14.6. The van der Waals surface area contributed by atoms with E-state index in [1.807, 2.05) is 114 Å². The maximum atomic E-state index is 12.0. The molecule has 794 valence electrons. The van der Waals surface area contributed by atoms with E-state index in [1.54, 1.807) is 11.1 Å². The number of nitrogens with zero attached hydrogens (tertiary/aromatic N) is 3. The summed E-state index contributed by atoms with van der Waals surface area (Å²) in [5, 5.41) is 17.0. The third kappa shape index (κ3) is 75.0. The van der Waals surface area contributed by atoms with E-state index in [2.05, 4.69) is 290 Å². The van der Waals surface area contributed by atoms with Crippen LogP contribution < -0.4 is 14.8 Å². The third-order valence-corrected chi connectivity index (χ3v) is 23.3. The predicted molar refractivity (Wildman–Crippen MR) is 628 cm³/mol. The quantitative estimate of drug-likeness (QED) is 0.0367. The zero-order valence-corrected chi connectivity index (χ0v) is 91.8. The number of aromatic nitrogens is 1. The van der Waals surface area contributed by atoms with Crippen molar-refractivity contribution >= 4 is 137 Å². The van der Waals surface area contributed by atoms with Gasteiger partial charge in [0.15, 0.2) is 0 Å². The summed E-state index contributed by atoms with van der Waals surface area (Å²) < 4.78 is 12.7. The Morgan fingerprint density at radius 3 is 1.21 bits per heavy atom. The molecule has 137 heavy (non-hydrogen) atoms. The molecule has 6 aliphatic rings. The molecular weight excluding hydrogens is 2270 g/mol. The number of amides is 2. The number of rotatable bonds is 18. The first-order valence-corrected chi connectivity index (χ1v) is 51.3. The van der Waals surface area contributed by atoms with Crippen LogP contribution in [0.25, 0.3) is 11.1 Å². The molecule has 6 aromatic carbocycles. The molecular formula is C117H200Br6N4O8Ru2. The van der Waals surface area contributed by atoms with E-state index in [9.17, 15) is 19.2 Å². The molecule has 1 aromatic heterocycles. The van der Waals surface area contributed by atoms with Gasteiger partial charge in [0.2, 0.25) is 0 Å². The second kappa shape index (κ2) is 103. The minimum Gasteiger partial charge on any atom is -0.528 e. The Labute approximate surface area is 922 Å². The van der Waals surface area contributed by atoms with Gasteiger partial charge in [0.1, 0.15) is 35.8 Å². The van der Waals surface area contributed by atoms with Gasteiger partial charge in [0.05, 0.1) is 0 Å². The van der Waals surface area contributed by atoms with Crippen LogP contribution in [-0.2, 0) is 71.5 Å². The second-order valence-corrected chi connectivity index (χ2v) is 36.4. The molecule has 3 aliphatic carbocycles. The van der Waals surface area contributed by atoms with Crippen LogP contribution in [-0.4, -0.2) is 135 Å². The number of aryl methyl sites for hydroxylation is 4. The van der Waals surface area contributed by atoms with Gasteiger partial charge >= 0.3 is 39.0 Å². The number of aliphatic hydroxyl groups is 1. The molecule has 2 amide bonds. The van der Waals surface area contributed by atoms with Gasteiger partial charge in [0.25, 0.3) is 11.8 Å². The molecule has 2 N–H and O–H groups in total. The van der Waals surface area contributed by atoms with E-state index in [0.29, 0.717) is 23.4 Å². The van der Waals surface area contributed by atoms with E-state index in [-0.39, 0.29) is 157 Å². The Morgan fingerprint density at radius 2 is 0.891 bits per heavy atom. The van der Waals surface area contributed by atoms with Gasteiger partial charge in [-0.3, -0.25) is 14.6 Å². The molecule has 2 radical (unpaired) electrons. The van der Waals surface area contributed by atoms with Crippen LogP contribution >= 0.6 is 95.6 Å². The number of alkyl halides is 6. The molecule has 3 unspecified atom stereocenters. The Hall–Kier alpha value is -4.45. The fourth-order valence-electron chi connectivity index (χ4n) is 12.4. The van der Waals surface area contributed by atoms with Crippen LogP contribution in [0.15, 0.2) is 170 Å². The summed E-state index contributed by atoms with van der Waals surface area (Å²) >= 11 is 19.9. The first kappa shape index (κ1) is 166. The van der Waals surface area contributed by atoms with Crippen molar-refractivity contribution in [3.63, 3.8) is 0 Å². The topological polar surface area (TPSA) is 155 Å². The number of nitrogens with one attached hydrogen (secondary N) is 1. The molecule has 7 aromatic rings. The number of aldehydes is 3. The van der Waals surface area contributed by atoms with Crippen molar-refractivity contribution in [2.75, 3.05) is 73.0 Å². The number of hydrogen-bond donors (Lipinski definition) is 2. The first-order chi connectivity index (χ1) is 59.1. The van der Waals surface area contributed by atoms with Gasteiger partial charge < -0.3 is 44.1 Å². The van der Waals surface area contributed by atoms with Crippen molar-refractivity contribution in [2.24, 2.45) is 23.7 Å². The van der Waals surface area contributed by atoms with Gasteiger partial charge in [-0.05, 0) is 207 Å². The van der Waals surface area contributed by atoms with Crippen molar-refractivity contribution in [1.29, 1.82) is 0 Å². The average molecular weight is 2470 g/mol. The maximum absolute atomic E-state index is 12.0. The zero-order chi connectivity index (χ0) is 92.4. The van der Waals surface area contributed by atoms with Gasteiger partial charge in [0, 0.05) is 107 Å². The molecule has 20 heteroatoms. The summed E-state index contributed by atoms with van der Waals surface area (Å²) in [5.74, 6) is 5.67. The fourth-order valence-corrected chi connectivity index (χ4v) is 14.2. The summed E-state index contributed by atoms with van der Waals surface area (Å²) in [6, 6.07) is 58.3. The zero-order valence-electron chi connectivity index (χ0n) is 78.8. The Kier molecular flexibility index (Phi) is 125. The predicted octanol–water partition coefficient (Wildman–Crippen LogP) is 36.1. The van der Waals surface area contributed by atoms with Crippen LogP contribution in [0.3, 0.4) is 0 Å². The molecule has 3 aliphatic heterocycles. The van der Waals surface area contributed by atoms with Gasteiger partial charge in [-0.25, -0.2) is 0 Å². The summed E-state index contributed by atoms with van der Waals surface area (Å²) in [4.78, 5) is 59.7. The van der Waals surface area contributed by atoms with Crippen LogP contribution in [0.1, 0.15) is 373 Å². The second-order valence-electron chi connectivity index (χ2n) is 31.7. The van der Waals surface area contributed by atoms with E-state index in [0.717, 1.165) is 182 Å². The number of ether oxygens (including phenoxy) is 2. The van der Waals surface area contributed by atoms with Crippen molar-refractivity contribution < 1.29 is 77.5 Å². The summed E-state index contributed by atoms with van der Waals surface area (Å²) in [6.45, 7) is 41.9. The molecule has 12 nitrogen and oxygen atoms in total. The van der Waals surface area contributed by atoms with Gasteiger partial charge in [-0.1, -0.05) is 402 Å². The monoisotopic (exact) mass is 2470 g/mol. The number of allylic oxidation sites excluding steroid dienone is 2. The third-order valence-electron chi connectivity index (χ3n) is 20.0. The number of halogens is 6. The van der Waals surface area contributed by atoms with E-state index in [4.69, 9.17) is 19.4 Å². The molecule has 3 atom stereocenters. The Bertz CT molecular complexity index is 3840. The standard InChI is InChI=1S/C18H23O.C16H20NO.C14H21NO.C13H20N2O.C9H11Br.C8H9Br.C7H7Br.C4H7Br.C4H6O.C4H8O.C3H7Br.C2H5Br.C2H4O.CH4O.12CH4.2Ru/c1-13-5-4-9-18(10-8-13)12-15(3)16-11-14(2)6-7-17(16)19-18;1-12-4-5-15-14(10-12)13(2)11-16(18-15)6-3-8-17-9-7-16;1-5-15(6-2)14(16)13-9-7-12(8-10-13)11(3)4;1-5-15(6-2)13(16)12-8-7-11(9-14-12)10(3)4;10-8-4-7-9-5-2-1-3-6-9;9-7-6-8-4-2-1-3-5-8;8-6-7-4-2-1-3-5-7;2*5-3-4-1-2-4;1-4(2)3-5;1-2-3-4;2*1-2-3;1-2;;;;;;;;;;;;;;/h6-7,12-13H,4-5,8-10H2,1-3H3;4-5,11,17H,3,6-9H2,1-2H3;7-11H,5-6H2,1-4H3;7-10H,5-6H2,1-4H3;1-3,5-6H,4,7-8H2;1-5H,6-7H2;1-5H,6H2;4H,1-3H2;3-4H,1-2H2;3-4H,1-2H3;2-3H2,1H3;2H2,1H3;2H,1H3;2H,1H3;12*1H4;;/q2*-1;;;;;;;;;;;;;;;;;;;;;;;;;2*+1. The largest absolute Gasteiger partial charge is 1.00 e. The minimum absolute atomic E-state index is 0. The molecule has 13 rings (SSSR count). The first-order valence-electron chi connectivity index (χ1n) is 44.6. The summed E-state index contributed by atoms with van der Waals surface area (Å²) in [5.41, 5.74) is 15.1. The van der Waals surface area contributed by atoms with Crippen LogP contribution in [0.4, 0.5) is 0 Å². The van der Waals surface area contributed by atoms with Crippen molar-refractivity contribution in [3.05, 3.63) is 243 Å². The minimum atomic E-state index is -0.0936. The Morgan fingerprint density at radius 1 is 0.496 bits per heavy atom. The molecule has 4 heterocycles. The average Bonchev–Trinajstić information content (AvgIpc) is 1.64. The number of hydrogen-bond acceptors (Lipinski definition) is 10. The van der Waals surface area contributed by atoms with E-state index < -0.39 is 0 Å². The van der Waals surface area contributed by atoms with Gasteiger partial charge in [-0.2, -0.15) is 0 Å². The molecule has 2 spiro atoms. The van der Waals surface area contributed by atoms with Crippen molar-refractivity contribution in [3.8, 4) is 11.5 Å². The number of aliphatic hydroxyl groups excluding tert-OH is 1. The van der Waals surface area contributed by atoms with Crippen molar-refractivity contribution in [1.82, 2.24) is 20.1 Å². The van der Waals surface area contributed by atoms with E-state index >= 15 is 0 Å². The van der Waals surface area contributed by atoms with E-state index in [1.165, 1.54) is 115 Å².